The highest BCUT2D eigenvalue weighted by atomic mass is 16.4. The fourth-order valence-electron chi connectivity index (χ4n) is 2.38. The fraction of sp³-hybridized carbons (Fsp3) is 0.846. The maximum absolute atomic E-state index is 11.8. The molecule has 0 aromatic rings. The molecule has 6 heteroatoms. The molecule has 0 bridgehead atoms. The van der Waals surface area contributed by atoms with E-state index in [4.69, 9.17) is 5.11 Å². The summed E-state index contributed by atoms with van der Waals surface area (Å²) in [6, 6.07) is -0.112. The highest BCUT2D eigenvalue weighted by Crippen LogP contribution is 2.13. The summed E-state index contributed by atoms with van der Waals surface area (Å²) in [5.41, 5.74) is 0. The molecule has 0 saturated carbocycles. The van der Waals surface area contributed by atoms with Gasteiger partial charge in [-0.1, -0.05) is 0 Å². The number of carbonyl (C=O) groups excluding carboxylic acids is 1. The van der Waals surface area contributed by atoms with E-state index in [0.29, 0.717) is 25.4 Å². The Bertz CT molecular complexity index is 310. The zero-order valence-electron chi connectivity index (χ0n) is 11.9. The number of likely N-dealkylation sites (tertiary alicyclic amines) is 1. The first-order valence-corrected chi connectivity index (χ1v) is 6.88. The molecule has 110 valence electrons. The van der Waals surface area contributed by atoms with Crippen molar-refractivity contribution in [3.8, 4) is 0 Å². The lowest BCUT2D eigenvalue weighted by molar-refractivity contribution is -0.137. The van der Waals surface area contributed by atoms with Crippen molar-refractivity contribution in [1.82, 2.24) is 15.1 Å². The van der Waals surface area contributed by atoms with Gasteiger partial charge in [-0.2, -0.15) is 0 Å². The lowest BCUT2D eigenvalue weighted by Gasteiger charge is -2.30. The molecule has 1 saturated heterocycles. The number of carboxylic acids is 1. The van der Waals surface area contributed by atoms with Crippen LogP contribution in [0.2, 0.25) is 0 Å². The topological polar surface area (TPSA) is 72.9 Å². The molecule has 1 fully saturated rings. The average Bonchev–Trinajstić information content (AvgIpc) is 2.35. The molecule has 0 radical (unpaired) electrons. The fourth-order valence-corrected chi connectivity index (χ4v) is 2.38. The number of carboxylic acid groups (broad SMARTS) is 1. The second-order valence-corrected chi connectivity index (χ2v) is 5.38. The Balaban J connectivity index is 2.17. The average molecular weight is 271 g/mol. The zero-order chi connectivity index (χ0) is 14.3. The second kappa shape index (κ2) is 7.99. The Morgan fingerprint density at radius 2 is 2.21 bits per heavy atom. The molecule has 1 heterocycles. The highest BCUT2D eigenvalue weighted by Gasteiger charge is 2.18. The van der Waals surface area contributed by atoms with Gasteiger partial charge in [-0.3, -0.25) is 4.79 Å². The Labute approximate surface area is 114 Å². The van der Waals surface area contributed by atoms with Crippen molar-refractivity contribution in [2.75, 3.05) is 40.3 Å². The van der Waals surface area contributed by atoms with Crippen LogP contribution in [0.5, 0.6) is 0 Å². The summed E-state index contributed by atoms with van der Waals surface area (Å²) in [5, 5.41) is 11.5. The summed E-state index contributed by atoms with van der Waals surface area (Å²) in [6.45, 7) is 3.34. The number of urea groups is 1. The molecule has 2 N–H and O–H groups in total. The van der Waals surface area contributed by atoms with Gasteiger partial charge in [0.15, 0.2) is 0 Å². The largest absolute Gasteiger partial charge is 0.481 e. The van der Waals surface area contributed by atoms with E-state index in [9.17, 15) is 9.59 Å². The number of nitrogens with one attached hydrogen (secondary N) is 1. The molecule has 0 aromatic heterocycles. The minimum atomic E-state index is -0.820. The first kappa shape index (κ1) is 15.8. The molecular weight excluding hydrogens is 246 g/mol. The standard InChI is InChI=1S/C13H25N3O3/c1-15-7-3-5-11(10-15)9-14-13(19)16(2)8-4-6-12(17)18/h11H,3-10H2,1-2H3,(H,14,19)(H,17,18). The molecule has 1 aliphatic rings. The van der Waals surface area contributed by atoms with Gasteiger partial charge < -0.3 is 20.2 Å². The Hall–Kier alpha value is -1.30. The Morgan fingerprint density at radius 1 is 1.47 bits per heavy atom. The summed E-state index contributed by atoms with van der Waals surface area (Å²) in [4.78, 5) is 26.0. The first-order chi connectivity index (χ1) is 8.99. The molecule has 0 aliphatic carbocycles. The highest BCUT2D eigenvalue weighted by molar-refractivity contribution is 5.73. The van der Waals surface area contributed by atoms with Gasteiger partial charge in [0.2, 0.25) is 0 Å². The molecule has 19 heavy (non-hydrogen) atoms. The quantitative estimate of drug-likeness (QED) is 0.750. The van der Waals surface area contributed by atoms with E-state index in [-0.39, 0.29) is 12.5 Å². The van der Waals surface area contributed by atoms with Crippen LogP contribution < -0.4 is 5.32 Å². The van der Waals surface area contributed by atoms with E-state index in [1.807, 2.05) is 0 Å². The van der Waals surface area contributed by atoms with Crippen LogP contribution >= 0.6 is 0 Å². The molecule has 1 atom stereocenters. The monoisotopic (exact) mass is 271 g/mol. The third-order valence-corrected chi connectivity index (χ3v) is 3.49. The van der Waals surface area contributed by atoms with Crippen molar-refractivity contribution in [2.24, 2.45) is 5.92 Å². The summed E-state index contributed by atoms with van der Waals surface area (Å²) >= 11 is 0. The maximum Gasteiger partial charge on any atom is 0.317 e. The molecule has 2 amide bonds. The lowest BCUT2D eigenvalue weighted by atomic mass is 9.99. The molecule has 1 unspecified atom stereocenters. The van der Waals surface area contributed by atoms with Crippen molar-refractivity contribution >= 4 is 12.0 Å². The zero-order valence-corrected chi connectivity index (χ0v) is 11.9. The van der Waals surface area contributed by atoms with Crippen molar-refractivity contribution < 1.29 is 14.7 Å². The van der Waals surface area contributed by atoms with Crippen molar-refractivity contribution in [3.63, 3.8) is 0 Å². The third kappa shape index (κ3) is 6.42. The summed E-state index contributed by atoms with van der Waals surface area (Å²) in [7, 11) is 3.80. The van der Waals surface area contributed by atoms with Crippen LogP contribution in [0.4, 0.5) is 4.79 Å². The van der Waals surface area contributed by atoms with Crippen LogP contribution in [0.3, 0.4) is 0 Å². The molecule has 1 aliphatic heterocycles. The van der Waals surface area contributed by atoms with Gasteiger partial charge in [0, 0.05) is 33.1 Å². The lowest BCUT2D eigenvalue weighted by Crippen LogP contribution is -2.43. The van der Waals surface area contributed by atoms with Crippen LogP contribution in [-0.4, -0.2) is 67.2 Å². The van der Waals surface area contributed by atoms with Crippen LogP contribution in [0.25, 0.3) is 0 Å². The summed E-state index contributed by atoms with van der Waals surface area (Å²) in [5.74, 6) is -0.297. The Morgan fingerprint density at radius 3 is 2.84 bits per heavy atom. The number of amides is 2. The number of nitrogens with zero attached hydrogens (tertiary/aromatic N) is 2. The second-order valence-electron chi connectivity index (χ2n) is 5.38. The van der Waals surface area contributed by atoms with Gasteiger partial charge in [-0.25, -0.2) is 4.79 Å². The molecule has 6 nitrogen and oxygen atoms in total. The number of aliphatic carboxylic acids is 1. The van der Waals surface area contributed by atoms with Gasteiger partial charge in [0.25, 0.3) is 0 Å². The predicted octanol–water partition coefficient (Wildman–Crippen LogP) is 0.834. The SMILES string of the molecule is CN1CCCC(CNC(=O)N(C)CCCC(=O)O)C1. The number of hydrogen-bond acceptors (Lipinski definition) is 3. The first-order valence-electron chi connectivity index (χ1n) is 6.88. The van der Waals surface area contributed by atoms with Gasteiger partial charge in [0.05, 0.1) is 0 Å². The van der Waals surface area contributed by atoms with E-state index < -0.39 is 5.97 Å². The van der Waals surface area contributed by atoms with Crippen LogP contribution in [0.15, 0.2) is 0 Å². The van der Waals surface area contributed by atoms with E-state index in [1.165, 1.54) is 6.42 Å². The Kier molecular flexibility index (Phi) is 6.62. The summed E-state index contributed by atoms with van der Waals surface area (Å²) in [6.07, 6.45) is 2.94. The van der Waals surface area contributed by atoms with Crippen molar-refractivity contribution in [3.05, 3.63) is 0 Å². The number of piperidine rings is 1. The molecule has 0 spiro atoms. The number of carbonyl (C=O) groups is 2. The van der Waals surface area contributed by atoms with Gasteiger partial charge in [-0.15, -0.1) is 0 Å². The van der Waals surface area contributed by atoms with Gasteiger partial charge in [-0.05, 0) is 38.8 Å². The van der Waals surface area contributed by atoms with Crippen LogP contribution in [0, 0.1) is 5.92 Å². The molecular formula is C13H25N3O3. The predicted molar refractivity (Wildman–Crippen MR) is 73.1 cm³/mol. The molecule has 1 rings (SSSR count). The van der Waals surface area contributed by atoms with E-state index in [0.717, 1.165) is 19.5 Å². The smallest absolute Gasteiger partial charge is 0.317 e. The number of hydrogen-bond donors (Lipinski definition) is 2. The van der Waals surface area contributed by atoms with Crippen LogP contribution in [-0.2, 0) is 4.79 Å². The van der Waals surface area contributed by atoms with E-state index >= 15 is 0 Å². The molecule has 0 aromatic carbocycles. The number of rotatable bonds is 6. The summed E-state index contributed by atoms with van der Waals surface area (Å²) < 4.78 is 0. The van der Waals surface area contributed by atoms with Crippen LogP contribution in [0.1, 0.15) is 25.7 Å². The minimum Gasteiger partial charge on any atom is -0.481 e. The van der Waals surface area contributed by atoms with Crippen molar-refractivity contribution in [1.29, 1.82) is 0 Å². The van der Waals surface area contributed by atoms with Crippen molar-refractivity contribution in [2.45, 2.75) is 25.7 Å². The minimum absolute atomic E-state index is 0.102. The third-order valence-electron chi connectivity index (χ3n) is 3.49. The van der Waals surface area contributed by atoms with E-state index in [2.05, 4.69) is 17.3 Å². The van der Waals surface area contributed by atoms with Gasteiger partial charge >= 0.3 is 12.0 Å². The normalized spacial score (nSPS) is 20.0. The van der Waals surface area contributed by atoms with Gasteiger partial charge in [0.1, 0.15) is 0 Å². The van der Waals surface area contributed by atoms with E-state index in [1.54, 1.807) is 11.9 Å². The maximum atomic E-state index is 11.8.